The Kier molecular flexibility index (Phi) is 4.88. The lowest BCUT2D eigenvalue weighted by Crippen LogP contribution is -2.25. The second-order valence-corrected chi connectivity index (χ2v) is 6.42. The van der Waals surface area contributed by atoms with Crippen LogP contribution in [0.4, 0.5) is 0 Å². The van der Waals surface area contributed by atoms with E-state index in [1.54, 1.807) is 0 Å². The fraction of sp³-hybridized carbons (Fsp3) is 0.286. The summed E-state index contributed by atoms with van der Waals surface area (Å²) in [6.45, 7) is 2.05. The van der Waals surface area contributed by atoms with Crippen molar-refractivity contribution in [2.75, 3.05) is 13.2 Å². The summed E-state index contributed by atoms with van der Waals surface area (Å²) in [7, 11) is 2.02. The zero-order valence-corrected chi connectivity index (χ0v) is 14.9. The van der Waals surface area contributed by atoms with Crippen molar-refractivity contribution in [2.24, 2.45) is 7.05 Å². The molecule has 0 radical (unpaired) electrons. The fourth-order valence-corrected chi connectivity index (χ4v) is 3.26. The molecule has 2 heterocycles. The third kappa shape index (κ3) is 3.44. The molecule has 1 N–H and O–H groups in total. The molecular weight excluding hydrogens is 326 g/mol. The molecule has 0 aliphatic carbocycles. The van der Waals surface area contributed by atoms with Crippen molar-refractivity contribution >= 4 is 0 Å². The lowest BCUT2D eigenvalue weighted by atomic mass is 10.1. The number of aryl methyl sites for hydroxylation is 1. The number of imidazole rings is 1. The van der Waals surface area contributed by atoms with Crippen molar-refractivity contribution in [1.82, 2.24) is 14.9 Å². The van der Waals surface area contributed by atoms with Crippen LogP contribution in [0.25, 0.3) is 0 Å². The molecule has 0 fully saturated rings. The highest BCUT2D eigenvalue weighted by Crippen LogP contribution is 2.33. The third-order valence-electron chi connectivity index (χ3n) is 4.60. The van der Waals surface area contributed by atoms with Gasteiger partial charge in [-0.15, -0.1) is 0 Å². The number of hydrogen-bond donors (Lipinski definition) is 1. The third-order valence-corrected chi connectivity index (χ3v) is 4.60. The Hall–Kier alpha value is -2.79. The Labute approximate surface area is 153 Å². The van der Waals surface area contributed by atoms with Gasteiger partial charge in [0.15, 0.2) is 11.5 Å². The second-order valence-electron chi connectivity index (χ2n) is 6.42. The van der Waals surface area contributed by atoms with Gasteiger partial charge in [0, 0.05) is 38.0 Å². The van der Waals surface area contributed by atoms with Crippen molar-refractivity contribution in [3.05, 3.63) is 77.9 Å². The van der Waals surface area contributed by atoms with Gasteiger partial charge in [-0.05, 0) is 11.6 Å². The number of fused-ring (bicyclic) bond motifs is 1. The molecule has 1 aliphatic rings. The zero-order chi connectivity index (χ0) is 17.8. The number of hydrogen-bond acceptors (Lipinski definition) is 4. The summed E-state index contributed by atoms with van der Waals surface area (Å²) in [5.41, 5.74) is 2.28. The van der Waals surface area contributed by atoms with Crippen molar-refractivity contribution in [3.8, 4) is 11.5 Å². The number of nitrogens with zero attached hydrogens (tertiary/aromatic N) is 2. The molecule has 1 unspecified atom stereocenters. The normalized spacial score (nSPS) is 14.7. The van der Waals surface area contributed by atoms with Gasteiger partial charge in [0.25, 0.3) is 0 Å². The van der Waals surface area contributed by atoms with E-state index in [1.165, 1.54) is 5.56 Å². The molecule has 4 rings (SSSR count). The zero-order valence-electron chi connectivity index (χ0n) is 14.9. The van der Waals surface area contributed by atoms with Crippen molar-refractivity contribution in [1.29, 1.82) is 0 Å². The van der Waals surface area contributed by atoms with Gasteiger partial charge in [-0.2, -0.15) is 0 Å². The Morgan fingerprint density at radius 1 is 1.08 bits per heavy atom. The maximum atomic E-state index is 5.95. The Morgan fingerprint density at radius 3 is 2.73 bits per heavy atom. The summed E-state index contributed by atoms with van der Waals surface area (Å²) in [6, 6.07) is 16.5. The van der Waals surface area contributed by atoms with E-state index in [0.29, 0.717) is 19.8 Å². The Bertz CT molecular complexity index is 861. The van der Waals surface area contributed by atoms with Crippen LogP contribution in [0.3, 0.4) is 0 Å². The molecule has 0 spiro atoms. The number of ether oxygens (including phenoxy) is 2. The number of nitrogens with one attached hydrogen (secondary N) is 1. The van der Waals surface area contributed by atoms with Crippen LogP contribution in [-0.2, 0) is 13.6 Å². The van der Waals surface area contributed by atoms with Crippen LogP contribution >= 0.6 is 0 Å². The smallest absolute Gasteiger partial charge is 0.165 e. The summed E-state index contributed by atoms with van der Waals surface area (Å²) in [5, 5.41) is 3.65. The first-order chi connectivity index (χ1) is 12.8. The van der Waals surface area contributed by atoms with Crippen LogP contribution in [0.5, 0.6) is 11.5 Å². The Morgan fingerprint density at radius 2 is 1.92 bits per heavy atom. The van der Waals surface area contributed by atoms with Gasteiger partial charge < -0.3 is 14.0 Å². The molecule has 5 heteroatoms. The predicted octanol–water partition coefficient (Wildman–Crippen LogP) is 3.46. The van der Waals surface area contributed by atoms with Gasteiger partial charge in [0.05, 0.1) is 19.3 Å². The van der Waals surface area contributed by atoms with E-state index in [2.05, 4.69) is 45.2 Å². The summed E-state index contributed by atoms with van der Waals surface area (Å²) in [4.78, 5) is 4.55. The largest absolute Gasteiger partial charge is 0.490 e. The first kappa shape index (κ1) is 16.7. The Balaban J connectivity index is 1.61. The highest BCUT2D eigenvalue weighted by molar-refractivity contribution is 5.47. The molecule has 0 bridgehead atoms. The van der Waals surface area contributed by atoms with E-state index >= 15 is 0 Å². The molecule has 1 atom stereocenters. The van der Waals surface area contributed by atoms with Gasteiger partial charge >= 0.3 is 0 Å². The monoisotopic (exact) mass is 349 g/mol. The van der Waals surface area contributed by atoms with Crippen molar-refractivity contribution < 1.29 is 9.47 Å². The van der Waals surface area contributed by atoms with Gasteiger partial charge in [-0.3, -0.25) is 5.32 Å². The summed E-state index contributed by atoms with van der Waals surface area (Å²) in [5.74, 6) is 2.66. The van der Waals surface area contributed by atoms with Crippen LogP contribution in [0, 0.1) is 0 Å². The van der Waals surface area contributed by atoms with E-state index in [0.717, 1.165) is 29.3 Å². The predicted molar refractivity (Wildman–Crippen MR) is 100 cm³/mol. The molecular formula is C21H23N3O2. The molecule has 5 nitrogen and oxygen atoms in total. The lowest BCUT2D eigenvalue weighted by Gasteiger charge is -2.20. The minimum atomic E-state index is -0.00116. The summed E-state index contributed by atoms with van der Waals surface area (Å²) in [6.07, 6.45) is 4.71. The molecule has 0 amide bonds. The summed E-state index contributed by atoms with van der Waals surface area (Å²) < 4.78 is 13.8. The molecule has 1 aromatic heterocycles. The highest BCUT2D eigenvalue weighted by atomic mass is 16.5. The van der Waals surface area contributed by atoms with Crippen LogP contribution in [0.2, 0.25) is 0 Å². The van der Waals surface area contributed by atoms with Crippen LogP contribution in [0.15, 0.2) is 60.9 Å². The fourth-order valence-electron chi connectivity index (χ4n) is 3.26. The number of rotatable bonds is 5. The molecule has 1 aliphatic heterocycles. The van der Waals surface area contributed by atoms with E-state index in [4.69, 9.17) is 9.47 Å². The highest BCUT2D eigenvalue weighted by Gasteiger charge is 2.20. The standard InChI is InChI=1S/C21H23N3O2/c1-24-12-11-22-21(24)19(16-7-3-2-4-8-16)23-15-17-9-5-10-18-20(17)26-14-6-13-25-18/h2-5,7-12,19,23H,6,13-15H2,1H3. The minimum absolute atomic E-state index is 0.00116. The van der Waals surface area contributed by atoms with E-state index in [-0.39, 0.29) is 6.04 Å². The van der Waals surface area contributed by atoms with Gasteiger partial charge in [-0.1, -0.05) is 42.5 Å². The maximum absolute atomic E-state index is 5.95. The minimum Gasteiger partial charge on any atom is -0.490 e. The number of para-hydroxylation sites is 1. The van der Waals surface area contributed by atoms with Gasteiger partial charge in [0.2, 0.25) is 0 Å². The molecule has 134 valence electrons. The molecule has 2 aromatic carbocycles. The van der Waals surface area contributed by atoms with Crippen LogP contribution in [-0.4, -0.2) is 22.8 Å². The number of aromatic nitrogens is 2. The molecule has 0 saturated heterocycles. The summed E-state index contributed by atoms with van der Waals surface area (Å²) >= 11 is 0. The second kappa shape index (κ2) is 7.62. The average Bonchev–Trinajstić information content (AvgIpc) is 2.95. The van der Waals surface area contributed by atoms with Crippen LogP contribution in [0.1, 0.15) is 29.4 Å². The quantitative estimate of drug-likeness (QED) is 0.766. The molecule has 26 heavy (non-hydrogen) atoms. The van der Waals surface area contributed by atoms with Gasteiger partial charge in [0.1, 0.15) is 5.82 Å². The van der Waals surface area contributed by atoms with Crippen molar-refractivity contribution in [3.63, 3.8) is 0 Å². The molecule has 0 saturated carbocycles. The number of benzene rings is 2. The first-order valence-electron chi connectivity index (χ1n) is 8.96. The maximum Gasteiger partial charge on any atom is 0.165 e. The van der Waals surface area contributed by atoms with E-state index in [1.807, 2.05) is 37.6 Å². The van der Waals surface area contributed by atoms with Gasteiger partial charge in [-0.25, -0.2) is 4.98 Å². The SMILES string of the molecule is Cn1ccnc1C(NCc1cccc2c1OCCCO2)c1ccccc1. The first-order valence-corrected chi connectivity index (χ1v) is 8.96. The topological polar surface area (TPSA) is 48.3 Å². The van der Waals surface area contributed by atoms with Crippen LogP contribution < -0.4 is 14.8 Å². The van der Waals surface area contributed by atoms with Crippen molar-refractivity contribution in [2.45, 2.75) is 19.0 Å². The lowest BCUT2D eigenvalue weighted by molar-refractivity contribution is 0.295. The van der Waals surface area contributed by atoms with E-state index in [9.17, 15) is 0 Å². The average molecular weight is 349 g/mol. The molecule has 3 aromatic rings. The van der Waals surface area contributed by atoms with E-state index < -0.39 is 0 Å².